The van der Waals surface area contributed by atoms with E-state index in [1.54, 1.807) is 0 Å². The van der Waals surface area contributed by atoms with Crippen LogP contribution in [0.2, 0.25) is 0 Å². The quantitative estimate of drug-likeness (QED) is 0.138. The maximum absolute atomic E-state index is 9.27. The second-order valence-corrected chi connectivity index (χ2v) is 18.5. The van der Waals surface area contributed by atoms with Crippen LogP contribution >= 0.6 is 12.2 Å². The van der Waals surface area contributed by atoms with Crippen LogP contribution in [0, 0.1) is 0 Å². The summed E-state index contributed by atoms with van der Waals surface area (Å²) < 4.78 is 43.6. The van der Waals surface area contributed by atoms with Crippen molar-refractivity contribution in [3.05, 3.63) is 0 Å². The first-order valence-corrected chi connectivity index (χ1v) is 18.3. The van der Waals surface area contributed by atoms with Gasteiger partial charge in [0.25, 0.3) is 0 Å². The number of hydrogen-bond donors (Lipinski definition) is 0. The van der Waals surface area contributed by atoms with E-state index >= 15 is 0 Å². The Morgan fingerprint density at radius 2 is 0.750 bits per heavy atom. The first-order valence-electron chi connectivity index (χ1n) is 7.69. The maximum Gasteiger partial charge on any atom is -0.813 e. The molecule has 0 amide bonds. The van der Waals surface area contributed by atoms with Gasteiger partial charge in [0.1, 0.15) is 0 Å². The summed E-state index contributed by atoms with van der Waals surface area (Å²) in [4.78, 5) is 0. The molecule has 0 saturated heterocycles. The van der Waals surface area contributed by atoms with Crippen LogP contribution in [0.3, 0.4) is 0 Å². The summed E-state index contributed by atoms with van der Waals surface area (Å²) in [6.45, 7) is 15.2. The topological polar surface area (TPSA) is 80.3 Å². The van der Waals surface area contributed by atoms with Crippen molar-refractivity contribution in [2.45, 2.75) is 79.8 Å². The molecule has 0 aromatic carbocycles. The van der Waals surface area contributed by atoms with E-state index in [9.17, 15) is 6.80 Å². The number of hydrogen-bond acceptors (Lipinski definition) is 12. The fraction of sp³-hybridized carbons (Fsp3) is 1.00. The van der Waals surface area contributed by atoms with Gasteiger partial charge in [0.2, 0.25) is 0 Å². The summed E-state index contributed by atoms with van der Waals surface area (Å²) >= 11 is 16.8. The molecule has 0 rings (SSSR count). The van der Waals surface area contributed by atoms with E-state index in [0.717, 1.165) is 0 Å². The molecule has 0 saturated carbocycles. The SMILES string of the molecule is CC(C)O[P+]([S-])([S-])OC(C)C.CC(C)O[P+]([S-])([S-])OC(C)C.[O]=[Mo][O][Mo]=[O].[SH-]. The molecule has 0 unspecified atom stereocenters. The molecule has 0 N–H and O–H groups in total. The van der Waals surface area contributed by atoms with Crippen molar-refractivity contribution in [2.24, 2.45) is 0 Å². The fourth-order valence-corrected chi connectivity index (χ4v) is 7.78. The van der Waals surface area contributed by atoms with Gasteiger partial charge in [0.15, 0.2) is 0 Å². The summed E-state index contributed by atoms with van der Waals surface area (Å²) in [6.07, 6.45) is -4.56. The van der Waals surface area contributed by atoms with E-state index in [2.05, 4.69) is 2.04 Å². The van der Waals surface area contributed by atoms with Gasteiger partial charge >= 0.3 is 46.7 Å². The first-order chi connectivity index (χ1) is 12.1. The Labute approximate surface area is 217 Å². The van der Waals surface area contributed by atoms with Gasteiger partial charge in [-0.25, -0.2) is 18.1 Å². The molecule has 0 radical (unpaired) electrons. The smallest absolute Gasteiger partial charge is 0.813 e. The maximum atomic E-state index is 9.27. The zero-order valence-corrected chi connectivity index (χ0v) is 26.9. The third-order valence-electron chi connectivity index (χ3n) is 1.42. The Balaban J connectivity index is -0.000000162. The van der Waals surface area contributed by atoms with Crippen LogP contribution in [0.25, 0.3) is 0 Å². The molecule has 0 fully saturated rings. The third kappa shape index (κ3) is 36.7. The molecule has 7 nitrogen and oxygen atoms in total. The zero-order chi connectivity index (χ0) is 22.3. The molecule has 0 aliphatic rings. The largest absolute Gasteiger partial charge is 0.813 e. The molecule has 0 aromatic rings. The van der Waals surface area contributed by atoms with Crippen LogP contribution in [0.15, 0.2) is 0 Å². The van der Waals surface area contributed by atoms with Gasteiger partial charge in [-0.05, 0) is 55.4 Å². The molecule has 0 aliphatic heterocycles. The average molecular weight is 700 g/mol. The Morgan fingerprint density at radius 1 is 0.571 bits per heavy atom. The van der Waals surface area contributed by atoms with Crippen molar-refractivity contribution < 1.29 is 64.7 Å². The molecular formula is C12H29Mo2O7P2S5-3. The summed E-state index contributed by atoms with van der Waals surface area (Å²) in [5, 5.41) is 0. The van der Waals surface area contributed by atoms with Crippen molar-refractivity contribution >= 4 is 74.7 Å². The molecule has 0 heterocycles. The van der Waals surface area contributed by atoms with Gasteiger partial charge in [-0.2, -0.15) is 0 Å². The van der Waals surface area contributed by atoms with E-state index in [0.29, 0.717) is 0 Å². The Hall–Kier alpha value is 3.39. The van der Waals surface area contributed by atoms with E-state index in [1.807, 2.05) is 55.4 Å². The molecule has 16 heteroatoms. The number of thiol groups is 1. The van der Waals surface area contributed by atoms with E-state index in [4.69, 9.17) is 67.1 Å². The molecule has 0 atom stereocenters. The Morgan fingerprint density at radius 3 is 0.821 bits per heavy atom. The van der Waals surface area contributed by atoms with Crippen LogP contribution in [0.5, 0.6) is 0 Å². The minimum Gasteiger partial charge on any atom is -0.813 e. The molecule has 0 bridgehead atoms. The molecular weight excluding hydrogens is 670 g/mol. The second-order valence-electron chi connectivity index (χ2n) is 5.72. The minimum absolute atomic E-state index is 0. The number of rotatable bonds is 10. The zero-order valence-electron chi connectivity index (χ0n) is 17.0. The Kier molecular flexibility index (Phi) is 30.6. The van der Waals surface area contributed by atoms with Crippen molar-refractivity contribution in [1.29, 1.82) is 0 Å². The van der Waals surface area contributed by atoms with E-state index in [1.165, 1.54) is 0 Å². The summed E-state index contributed by atoms with van der Waals surface area (Å²) in [5.74, 6) is 0. The van der Waals surface area contributed by atoms with Crippen LogP contribution < -0.4 is 0 Å². The summed E-state index contributed by atoms with van der Waals surface area (Å²) in [5.41, 5.74) is 0. The normalized spacial score (nSPS) is 11.4. The summed E-state index contributed by atoms with van der Waals surface area (Å²) in [7, 11) is 0. The second kappa shape index (κ2) is 22.2. The van der Waals surface area contributed by atoms with Crippen molar-refractivity contribution in [3.8, 4) is 0 Å². The minimum atomic E-state index is -2.39. The van der Waals surface area contributed by atoms with E-state index in [-0.39, 0.29) is 37.9 Å². The molecule has 174 valence electrons. The van der Waals surface area contributed by atoms with Gasteiger partial charge in [0.05, 0.1) is 24.4 Å². The Bertz CT molecular complexity index is 337. The van der Waals surface area contributed by atoms with Crippen LogP contribution in [0.4, 0.5) is 0 Å². The van der Waals surface area contributed by atoms with Crippen LogP contribution in [0.1, 0.15) is 55.4 Å². The summed E-state index contributed by atoms with van der Waals surface area (Å²) in [6, 6.07) is 0. The molecule has 0 aromatic heterocycles. The van der Waals surface area contributed by atoms with Gasteiger partial charge in [0, 0.05) is 12.2 Å². The monoisotopic (exact) mass is 703 g/mol. The van der Waals surface area contributed by atoms with Gasteiger partial charge in [-0.1, -0.05) is 0 Å². The third-order valence-corrected chi connectivity index (χ3v) is 8.09. The van der Waals surface area contributed by atoms with Gasteiger partial charge in [-0.3, -0.25) is 0 Å². The van der Waals surface area contributed by atoms with Crippen LogP contribution in [-0.4, -0.2) is 24.4 Å². The van der Waals surface area contributed by atoms with Crippen molar-refractivity contribution in [1.82, 2.24) is 0 Å². The predicted molar refractivity (Wildman–Crippen MR) is 119 cm³/mol. The van der Waals surface area contributed by atoms with Gasteiger partial charge < -0.3 is 62.5 Å². The average Bonchev–Trinajstić information content (AvgIpc) is 2.33. The first kappa shape index (κ1) is 38.6. The van der Waals surface area contributed by atoms with E-state index < -0.39 is 50.1 Å². The van der Waals surface area contributed by atoms with Crippen LogP contribution in [-0.2, 0) is 127 Å². The van der Waals surface area contributed by atoms with Crippen molar-refractivity contribution in [2.75, 3.05) is 0 Å². The molecule has 0 aliphatic carbocycles. The predicted octanol–water partition coefficient (Wildman–Crippen LogP) is 4.63. The van der Waals surface area contributed by atoms with Gasteiger partial charge in [-0.15, -0.1) is 0 Å². The molecule has 0 spiro atoms. The fourth-order valence-electron chi connectivity index (χ4n) is 1.09. The molecule has 28 heavy (non-hydrogen) atoms. The standard InChI is InChI=1S/2C6H15O2PS2.2Mo.3O.H2S/c2*1-5(2)7-9(10,11)8-6(3)4;;;;;;/h2*5-6H,1-4H3,(H,10,11);;;;;;1H2/p-3. The van der Waals surface area contributed by atoms with Crippen molar-refractivity contribution in [3.63, 3.8) is 0 Å².